The van der Waals surface area contributed by atoms with E-state index in [1.54, 1.807) is 18.2 Å². The molecular weight excluding hydrogens is 414 g/mol. The number of rotatable bonds is 13. The molecule has 0 aliphatic carbocycles. The van der Waals surface area contributed by atoms with E-state index >= 15 is 0 Å². The second-order valence-electron chi connectivity index (χ2n) is 7.91. The summed E-state index contributed by atoms with van der Waals surface area (Å²) in [5.74, 6) is 0.722. The normalized spacial score (nSPS) is 11.7. The van der Waals surface area contributed by atoms with Gasteiger partial charge in [-0.2, -0.15) is 0 Å². The zero-order valence-corrected chi connectivity index (χ0v) is 19.6. The third-order valence-electron chi connectivity index (χ3n) is 4.95. The van der Waals surface area contributed by atoms with Crippen LogP contribution in [0.4, 0.5) is 5.69 Å². The Morgan fingerprint density at radius 1 is 1.00 bits per heavy atom. The number of aliphatic hydroxyl groups is 1. The first-order valence-electron chi connectivity index (χ1n) is 10.7. The van der Waals surface area contributed by atoms with E-state index in [0.29, 0.717) is 17.0 Å². The molecule has 0 aromatic heterocycles. The van der Waals surface area contributed by atoms with E-state index < -0.39 is 10.0 Å². The maximum absolute atomic E-state index is 12.4. The molecule has 7 nitrogen and oxygen atoms in total. The molecule has 0 atom stereocenters. The second kappa shape index (κ2) is 12.0. The summed E-state index contributed by atoms with van der Waals surface area (Å²) in [6.45, 7) is 4.24. The number of para-hydroxylation sites is 1. The highest BCUT2D eigenvalue weighted by Gasteiger charge is 2.24. The molecule has 8 heteroatoms. The number of primary sulfonamides is 1. The van der Waals surface area contributed by atoms with Gasteiger partial charge in [0.25, 0.3) is 0 Å². The Kier molecular flexibility index (Phi) is 9.77. The number of sulfonamides is 1. The molecule has 0 saturated carbocycles. The van der Waals surface area contributed by atoms with Crippen LogP contribution < -0.4 is 14.8 Å². The average molecular weight is 450 g/mol. The molecule has 0 radical (unpaired) electrons. The number of hydrogen-bond acceptors (Lipinski definition) is 6. The molecule has 0 bridgehead atoms. The first-order chi connectivity index (χ1) is 14.8. The van der Waals surface area contributed by atoms with Crippen LogP contribution in [-0.2, 0) is 16.6 Å². The maximum atomic E-state index is 12.4. The van der Waals surface area contributed by atoms with E-state index in [4.69, 9.17) is 9.88 Å². The third kappa shape index (κ3) is 7.81. The zero-order valence-electron chi connectivity index (χ0n) is 18.8. The minimum absolute atomic E-state index is 0.119. The molecule has 172 valence electrons. The molecule has 0 aliphatic heterocycles. The molecule has 0 fully saturated rings. The van der Waals surface area contributed by atoms with Gasteiger partial charge in [0.15, 0.2) is 5.75 Å². The summed E-state index contributed by atoms with van der Waals surface area (Å²) >= 11 is 0. The van der Waals surface area contributed by atoms with Gasteiger partial charge in [-0.05, 0) is 63.3 Å². The predicted octanol–water partition coefficient (Wildman–Crippen LogP) is 3.57. The summed E-state index contributed by atoms with van der Waals surface area (Å²) in [6.07, 6.45) is 4.02. The van der Waals surface area contributed by atoms with E-state index in [-0.39, 0.29) is 17.3 Å². The Bertz CT molecular complexity index is 918. The van der Waals surface area contributed by atoms with Gasteiger partial charge in [0.1, 0.15) is 10.6 Å². The Morgan fingerprint density at radius 3 is 2.26 bits per heavy atom. The number of benzene rings is 2. The van der Waals surface area contributed by atoms with E-state index in [9.17, 15) is 13.5 Å². The Labute approximate surface area is 186 Å². The van der Waals surface area contributed by atoms with Crippen LogP contribution in [0.5, 0.6) is 11.5 Å². The van der Waals surface area contributed by atoms with Gasteiger partial charge in [-0.1, -0.05) is 38.0 Å². The summed E-state index contributed by atoms with van der Waals surface area (Å²) in [7, 11) is -0.0230. The van der Waals surface area contributed by atoms with E-state index in [0.717, 1.165) is 45.3 Å². The molecule has 2 aromatic rings. The molecule has 0 amide bonds. The topological polar surface area (TPSA) is 96.1 Å². The molecule has 2 aromatic carbocycles. The molecule has 0 saturated heterocycles. The highest BCUT2D eigenvalue weighted by Crippen LogP contribution is 2.39. The zero-order chi connectivity index (χ0) is 22.9. The van der Waals surface area contributed by atoms with Crippen molar-refractivity contribution in [1.82, 2.24) is 4.90 Å². The van der Waals surface area contributed by atoms with Gasteiger partial charge >= 0.3 is 0 Å². The number of nitrogens with zero attached hydrogens (tertiary/aromatic N) is 2. The lowest BCUT2D eigenvalue weighted by Gasteiger charge is -2.29. The molecule has 2 rings (SSSR count). The Balaban J connectivity index is 2.57. The van der Waals surface area contributed by atoms with Gasteiger partial charge < -0.3 is 19.6 Å². The minimum atomic E-state index is -4.07. The van der Waals surface area contributed by atoms with Crippen molar-refractivity contribution >= 4 is 15.7 Å². The quantitative estimate of drug-likeness (QED) is 0.454. The van der Waals surface area contributed by atoms with Gasteiger partial charge in [-0.3, -0.25) is 0 Å². The highest BCUT2D eigenvalue weighted by atomic mass is 32.2. The molecule has 0 spiro atoms. The van der Waals surface area contributed by atoms with Crippen LogP contribution in [-0.4, -0.2) is 52.2 Å². The third-order valence-corrected chi connectivity index (χ3v) is 5.87. The molecule has 3 N–H and O–H groups in total. The fourth-order valence-corrected chi connectivity index (χ4v) is 4.09. The van der Waals surface area contributed by atoms with Gasteiger partial charge in [0.2, 0.25) is 10.0 Å². The molecule has 0 heterocycles. The number of anilines is 1. The summed E-state index contributed by atoms with van der Waals surface area (Å²) in [4.78, 5) is 4.14. The van der Waals surface area contributed by atoms with Crippen molar-refractivity contribution in [3.05, 3.63) is 48.0 Å². The monoisotopic (exact) mass is 449 g/mol. The SMILES string of the molecule is CCCCCN(CCCN(C)C)c1cc(CO)cc(S(N)(=O)=O)c1Oc1ccccc1. The lowest BCUT2D eigenvalue weighted by molar-refractivity contribution is 0.281. The number of ether oxygens (including phenoxy) is 1. The lowest BCUT2D eigenvalue weighted by Crippen LogP contribution is -2.29. The van der Waals surface area contributed by atoms with Crippen LogP contribution in [0, 0.1) is 0 Å². The van der Waals surface area contributed by atoms with Gasteiger partial charge in [0, 0.05) is 13.1 Å². The van der Waals surface area contributed by atoms with Crippen molar-refractivity contribution in [1.29, 1.82) is 0 Å². The van der Waals surface area contributed by atoms with Crippen LogP contribution in [0.3, 0.4) is 0 Å². The summed E-state index contributed by atoms with van der Waals surface area (Å²) < 4.78 is 31.0. The van der Waals surface area contributed by atoms with Crippen molar-refractivity contribution in [2.75, 3.05) is 38.6 Å². The van der Waals surface area contributed by atoms with Crippen molar-refractivity contribution in [3.63, 3.8) is 0 Å². The Hall–Kier alpha value is -2.13. The van der Waals surface area contributed by atoms with Crippen molar-refractivity contribution in [3.8, 4) is 11.5 Å². The predicted molar refractivity (Wildman–Crippen MR) is 125 cm³/mol. The van der Waals surface area contributed by atoms with E-state index in [1.807, 2.05) is 32.3 Å². The van der Waals surface area contributed by atoms with Crippen molar-refractivity contribution in [2.45, 2.75) is 44.1 Å². The summed E-state index contributed by atoms with van der Waals surface area (Å²) in [5, 5.41) is 15.3. The van der Waals surface area contributed by atoms with Crippen LogP contribution in [0.15, 0.2) is 47.4 Å². The second-order valence-corrected chi connectivity index (χ2v) is 9.44. The van der Waals surface area contributed by atoms with Crippen LogP contribution in [0.2, 0.25) is 0 Å². The van der Waals surface area contributed by atoms with Crippen molar-refractivity contribution < 1.29 is 18.3 Å². The molecule has 31 heavy (non-hydrogen) atoms. The first-order valence-corrected chi connectivity index (χ1v) is 12.2. The number of aliphatic hydroxyl groups excluding tert-OH is 1. The maximum Gasteiger partial charge on any atom is 0.241 e. The molecule has 0 unspecified atom stereocenters. The van der Waals surface area contributed by atoms with Crippen LogP contribution >= 0.6 is 0 Å². The smallest absolute Gasteiger partial charge is 0.241 e. The fraction of sp³-hybridized carbons (Fsp3) is 0.478. The standard InChI is InChI=1S/C23H35N3O4S/c1-4-5-9-14-26(15-10-13-25(2)3)21-16-19(18-27)17-22(31(24,28)29)23(21)30-20-11-7-6-8-12-20/h6-8,11-12,16-17,27H,4-5,9-10,13-15,18H2,1-3H3,(H2,24,28,29). The first kappa shape index (κ1) is 25.1. The van der Waals surface area contributed by atoms with E-state index in [1.165, 1.54) is 6.07 Å². The summed E-state index contributed by atoms with van der Waals surface area (Å²) in [6, 6.07) is 12.2. The van der Waals surface area contributed by atoms with Gasteiger partial charge in [-0.15, -0.1) is 0 Å². The highest BCUT2D eigenvalue weighted by molar-refractivity contribution is 7.89. The molecular formula is C23H35N3O4S. The fourth-order valence-electron chi connectivity index (χ4n) is 3.37. The number of hydrogen-bond donors (Lipinski definition) is 2. The van der Waals surface area contributed by atoms with Gasteiger partial charge in [-0.25, -0.2) is 13.6 Å². The van der Waals surface area contributed by atoms with Gasteiger partial charge in [0.05, 0.1) is 12.3 Å². The minimum Gasteiger partial charge on any atom is -0.454 e. The van der Waals surface area contributed by atoms with Crippen LogP contribution in [0.25, 0.3) is 0 Å². The lowest BCUT2D eigenvalue weighted by atomic mass is 10.1. The number of unbranched alkanes of at least 4 members (excludes halogenated alkanes) is 2. The summed E-state index contributed by atoms with van der Waals surface area (Å²) in [5.41, 5.74) is 1.11. The Morgan fingerprint density at radius 2 is 1.68 bits per heavy atom. The number of nitrogens with two attached hydrogens (primary N) is 1. The molecule has 0 aliphatic rings. The largest absolute Gasteiger partial charge is 0.454 e. The van der Waals surface area contributed by atoms with E-state index in [2.05, 4.69) is 16.7 Å². The average Bonchev–Trinajstić information content (AvgIpc) is 2.72. The van der Waals surface area contributed by atoms with Crippen molar-refractivity contribution in [2.24, 2.45) is 5.14 Å². The van der Waals surface area contributed by atoms with Crippen LogP contribution in [0.1, 0.15) is 38.2 Å².